The fourth-order valence-corrected chi connectivity index (χ4v) is 5.25. The van der Waals surface area contributed by atoms with E-state index in [1.54, 1.807) is 56.0 Å². The van der Waals surface area contributed by atoms with Crippen molar-refractivity contribution in [1.82, 2.24) is 4.72 Å². The summed E-state index contributed by atoms with van der Waals surface area (Å²) in [6.07, 6.45) is 0.962. The molecule has 2 N–H and O–H groups in total. The molecule has 2 aromatic carbocycles. The summed E-state index contributed by atoms with van der Waals surface area (Å²) in [5.74, 6) is 0.140. The number of hydrogen-bond acceptors (Lipinski definition) is 6. The number of carbonyl (C=O) groups is 2. The summed E-state index contributed by atoms with van der Waals surface area (Å²) in [6, 6.07) is 8.58. The van der Waals surface area contributed by atoms with Crippen molar-refractivity contribution >= 4 is 33.2 Å². The number of methoxy groups -OCH3 is 2. The highest BCUT2D eigenvalue weighted by Gasteiger charge is 2.30. The average molecular weight is 490 g/mol. The Hall–Kier alpha value is -3.11. The zero-order valence-corrected chi connectivity index (χ0v) is 20.9. The molecule has 0 aliphatic carbocycles. The van der Waals surface area contributed by atoms with Gasteiger partial charge in [0.2, 0.25) is 21.8 Å². The maximum Gasteiger partial charge on any atom is 0.242 e. The number of amides is 2. The van der Waals surface area contributed by atoms with Crippen LogP contribution in [0.5, 0.6) is 11.5 Å². The van der Waals surface area contributed by atoms with Crippen LogP contribution in [0.1, 0.15) is 32.8 Å². The summed E-state index contributed by atoms with van der Waals surface area (Å²) >= 11 is 0. The van der Waals surface area contributed by atoms with Gasteiger partial charge in [0.25, 0.3) is 0 Å². The second-order valence-corrected chi connectivity index (χ2v) is 10.1. The van der Waals surface area contributed by atoms with Crippen LogP contribution in [0.3, 0.4) is 0 Å². The molecule has 2 aromatic rings. The first-order chi connectivity index (χ1) is 16.1. The van der Waals surface area contributed by atoms with Crippen molar-refractivity contribution in [3.05, 3.63) is 42.0 Å². The number of carbonyl (C=O) groups excluding carboxylic acids is 2. The molecule has 0 fully saturated rings. The predicted octanol–water partition coefficient (Wildman–Crippen LogP) is 2.94. The molecule has 1 heterocycles. The molecule has 0 unspecified atom stereocenters. The number of sulfonamides is 1. The molecule has 0 aromatic heterocycles. The number of anilines is 2. The van der Waals surface area contributed by atoms with E-state index in [9.17, 15) is 18.0 Å². The third-order valence-electron chi connectivity index (χ3n) is 5.74. The van der Waals surface area contributed by atoms with Crippen molar-refractivity contribution in [2.24, 2.45) is 5.92 Å². The third-order valence-corrected chi connectivity index (χ3v) is 7.18. The Balaban J connectivity index is 1.80. The minimum Gasteiger partial charge on any atom is -0.493 e. The van der Waals surface area contributed by atoms with E-state index in [2.05, 4.69) is 10.0 Å². The van der Waals surface area contributed by atoms with Crippen LogP contribution < -0.4 is 24.4 Å². The Bertz CT molecular complexity index is 1180. The fraction of sp³-hybridized carbons (Fsp3) is 0.417. The first kappa shape index (κ1) is 25.5. The number of rotatable bonds is 9. The minimum absolute atomic E-state index is 0.000752. The van der Waals surface area contributed by atoms with Crippen molar-refractivity contribution in [1.29, 1.82) is 0 Å². The highest BCUT2D eigenvalue weighted by molar-refractivity contribution is 7.89. The van der Waals surface area contributed by atoms with Crippen LogP contribution in [0.25, 0.3) is 0 Å². The molecule has 0 spiro atoms. The number of nitrogens with one attached hydrogen (secondary N) is 2. The Kier molecular flexibility index (Phi) is 7.83. The molecule has 1 aliphatic heterocycles. The molecule has 34 heavy (non-hydrogen) atoms. The lowest BCUT2D eigenvalue weighted by atomic mass is 10.0. The van der Waals surface area contributed by atoms with Gasteiger partial charge in [-0.25, -0.2) is 8.42 Å². The molecule has 10 heteroatoms. The number of hydrogen-bond donors (Lipinski definition) is 2. The smallest absolute Gasteiger partial charge is 0.242 e. The number of fused-ring (bicyclic) bond motifs is 1. The lowest BCUT2D eigenvalue weighted by Gasteiger charge is -2.22. The maximum atomic E-state index is 13.2. The van der Waals surface area contributed by atoms with Crippen molar-refractivity contribution in [2.45, 2.75) is 44.6 Å². The van der Waals surface area contributed by atoms with Crippen LogP contribution in [0.15, 0.2) is 41.3 Å². The van der Waals surface area contributed by atoms with E-state index in [4.69, 9.17) is 9.47 Å². The van der Waals surface area contributed by atoms with Crippen molar-refractivity contribution in [3.63, 3.8) is 0 Å². The van der Waals surface area contributed by atoms with E-state index in [1.165, 1.54) is 20.3 Å². The summed E-state index contributed by atoms with van der Waals surface area (Å²) in [5, 5.41) is 2.74. The molecule has 0 bridgehead atoms. The van der Waals surface area contributed by atoms with Crippen LogP contribution in [0.4, 0.5) is 11.4 Å². The van der Waals surface area contributed by atoms with Crippen LogP contribution in [0.2, 0.25) is 0 Å². The molecular weight excluding hydrogens is 458 g/mol. The summed E-state index contributed by atoms with van der Waals surface area (Å²) in [5.41, 5.74) is 1.98. The minimum atomic E-state index is -3.99. The Morgan fingerprint density at radius 2 is 1.76 bits per heavy atom. The van der Waals surface area contributed by atoms with E-state index in [0.29, 0.717) is 36.6 Å². The summed E-state index contributed by atoms with van der Waals surface area (Å²) in [4.78, 5) is 26.8. The SMILES string of the molecule is CCC(=O)N1CCc2cc(S(=O)(=O)N[C@H](C(=O)Nc3ccc(OC)c(OC)c3)C(C)C)ccc21. The van der Waals surface area contributed by atoms with E-state index in [1.807, 2.05) is 0 Å². The molecular formula is C24H31N3O6S. The molecule has 2 amide bonds. The van der Waals surface area contributed by atoms with E-state index in [0.717, 1.165) is 11.3 Å². The predicted molar refractivity (Wildman–Crippen MR) is 130 cm³/mol. The van der Waals surface area contributed by atoms with Gasteiger partial charge in [-0.15, -0.1) is 0 Å². The Morgan fingerprint density at radius 3 is 2.38 bits per heavy atom. The van der Waals surface area contributed by atoms with Gasteiger partial charge in [-0.3, -0.25) is 9.59 Å². The van der Waals surface area contributed by atoms with Gasteiger partial charge in [-0.05, 0) is 48.2 Å². The summed E-state index contributed by atoms with van der Waals surface area (Å²) in [7, 11) is -0.989. The molecule has 184 valence electrons. The van der Waals surface area contributed by atoms with Crippen LogP contribution in [0, 0.1) is 5.92 Å². The number of ether oxygens (including phenoxy) is 2. The standard InChI is InChI=1S/C24H31N3O6S/c1-6-22(28)27-12-11-16-13-18(8-9-19(16)27)34(30,31)26-23(15(2)3)24(29)25-17-7-10-20(32-4)21(14-17)33-5/h7-10,13-15,23,26H,6,11-12H2,1-5H3,(H,25,29)/t23-/m0/s1. The van der Waals surface area contributed by atoms with Crippen molar-refractivity contribution in [3.8, 4) is 11.5 Å². The molecule has 1 aliphatic rings. The van der Waals surface area contributed by atoms with Gasteiger partial charge in [-0.1, -0.05) is 20.8 Å². The Labute approximate surface area is 200 Å². The van der Waals surface area contributed by atoms with Gasteiger partial charge in [0, 0.05) is 30.4 Å². The van der Waals surface area contributed by atoms with Crippen molar-refractivity contribution in [2.75, 3.05) is 31.0 Å². The third kappa shape index (κ3) is 5.34. The molecule has 0 radical (unpaired) electrons. The summed E-state index contributed by atoms with van der Waals surface area (Å²) < 4.78 is 39.3. The average Bonchev–Trinajstić information content (AvgIpc) is 3.25. The fourth-order valence-electron chi connectivity index (χ4n) is 3.86. The maximum absolute atomic E-state index is 13.2. The van der Waals surface area contributed by atoms with E-state index in [-0.39, 0.29) is 16.7 Å². The van der Waals surface area contributed by atoms with Crippen LogP contribution >= 0.6 is 0 Å². The molecule has 9 nitrogen and oxygen atoms in total. The molecule has 3 rings (SSSR count). The van der Waals surface area contributed by atoms with Gasteiger partial charge >= 0.3 is 0 Å². The van der Waals surface area contributed by atoms with Gasteiger partial charge in [-0.2, -0.15) is 4.72 Å². The van der Waals surface area contributed by atoms with Gasteiger partial charge in [0.1, 0.15) is 6.04 Å². The van der Waals surface area contributed by atoms with Gasteiger partial charge < -0.3 is 19.7 Å². The van der Waals surface area contributed by atoms with E-state index >= 15 is 0 Å². The van der Waals surface area contributed by atoms with Crippen LogP contribution in [-0.4, -0.2) is 47.0 Å². The number of benzene rings is 2. The topological polar surface area (TPSA) is 114 Å². The second kappa shape index (κ2) is 10.4. The van der Waals surface area contributed by atoms with Crippen molar-refractivity contribution < 1.29 is 27.5 Å². The number of nitrogens with zero attached hydrogens (tertiary/aromatic N) is 1. The second-order valence-electron chi connectivity index (χ2n) is 8.34. The quantitative estimate of drug-likeness (QED) is 0.560. The molecule has 1 atom stereocenters. The highest BCUT2D eigenvalue weighted by atomic mass is 32.2. The normalized spacial score (nSPS) is 14.0. The van der Waals surface area contributed by atoms with Gasteiger partial charge in [0.15, 0.2) is 11.5 Å². The zero-order chi connectivity index (χ0) is 25.0. The van der Waals surface area contributed by atoms with Gasteiger partial charge in [0.05, 0.1) is 19.1 Å². The highest BCUT2D eigenvalue weighted by Crippen LogP contribution is 2.32. The van der Waals surface area contributed by atoms with Crippen LogP contribution in [-0.2, 0) is 26.0 Å². The largest absolute Gasteiger partial charge is 0.493 e. The first-order valence-corrected chi connectivity index (χ1v) is 12.6. The molecule has 0 saturated carbocycles. The monoisotopic (exact) mass is 489 g/mol. The lowest BCUT2D eigenvalue weighted by Crippen LogP contribution is -2.47. The Morgan fingerprint density at radius 1 is 1.06 bits per heavy atom. The first-order valence-electron chi connectivity index (χ1n) is 11.1. The lowest BCUT2D eigenvalue weighted by molar-refractivity contribution is -0.119. The van der Waals surface area contributed by atoms with E-state index < -0.39 is 22.0 Å². The zero-order valence-electron chi connectivity index (χ0n) is 20.0. The molecule has 0 saturated heterocycles. The summed E-state index contributed by atoms with van der Waals surface area (Å²) in [6.45, 7) is 5.85.